The van der Waals surface area contributed by atoms with Crippen LogP contribution in [0, 0.1) is 0 Å². The summed E-state index contributed by atoms with van der Waals surface area (Å²) in [4.78, 5) is 25.2. The third-order valence-electron chi connectivity index (χ3n) is 5.28. The van der Waals surface area contributed by atoms with Crippen LogP contribution in [-0.4, -0.2) is 34.7 Å². The van der Waals surface area contributed by atoms with Gasteiger partial charge < -0.3 is 9.47 Å². The summed E-state index contributed by atoms with van der Waals surface area (Å²) in [5, 5.41) is 4.67. The van der Waals surface area contributed by atoms with E-state index in [4.69, 9.17) is 9.47 Å². The second-order valence-electron chi connectivity index (χ2n) is 7.38. The van der Waals surface area contributed by atoms with Gasteiger partial charge in [-0.3, -0.25) is 9.48 Å². The van der Waals surface area contributed by atoms with E-state index in [2.05, 4.69) is 5.10 Å². The summed E-state index contributed by atoms with van der Waals surface area (Å²) in [6.07, 6.45) is 3.79. The van der Waals surface area contributed by atoms with Gasteiger partial charge in [-0.25, -0.2) is 4.79 Å². The second-order valence-corrected chi connectivity index (χ2v) is 7.38. The Bertz CT molecular complexity index is 1040. The zero-order valence-corrected chi connectivity index (χ0v) is 16.9. The molecule has 0 aliphatic heterocycles. The van der Waals surface area contributed by atoms with E-state index < -0.39 is 12.1 Å². The lowest BCUT2D eigenvalue weighted by Gasteiger charge is -2.20. The minimum absolute atomic E-state index is 0.00915. The molecule has 1 fully saturated rings. The highest BCUT2D eigenvalue weighted by Crippen LogP contribution is 2.32. The molecule has 6 heteroatoms. The molecule has 0 N–H and O–H groups in total. The highest BCUT2D eigenvalue weighted by Gasteiger charge is 2.29. The van der Waals surface area contributed by atoms with Gasteiger partial charge >= 0.3 is 5.97 Å². The molecule has 0 spiro atoms. The van der Waals surface area contributed by atoms with E-state index in [0.29, 0.717) is 42.0 Å². The zero-order valence-electron chi connectivity index (χ0n) is 16.9. The molecule has 154 valence electrons. The molecule has 30 heavy (non-hydrogen) atoms. The van der Waals surface area contributed by atoms with Crippen molar-refractivity contribution in [3.8, 4) is 17.0 Å². The van der Waals surface area contributed by atoms with E-state index in [1.54, 1.807) is 18.0 Å². The molecule has 1 aliphatic rings. The number of hydrogen-bond acceptors (Lipinski definition) is 5. The van der Waals surface area contributed by atoms with Gasteiger partial charge in [-0.1, -0.05) is 42.5 Å². The van der Waals surface area contributed by atoms with Crippen LogP contribution in [0.2, 0.25) is 0 Å². The number of benzene rings is 2. The smallest absolute Gasteiger partial charge is 0.342 e. The summed E-state index contributed by atoms with van der Waals surface area (Å²) in [6, 6.07) is 17.3. The lowest BCUT2D eigenvalue weighted by Crippen LogP contribution is -2.30. The molecule has 0 unspecified atom stereocenters. The van der Waals surface area contributed by atoms with Gasteiger partial charge in [0.2, 0.25) is 0 Å². The third kappa shape index (κ3) is 4.27. The van der Waals surface area contributed by atoms with Crippen molar-refractivity contribution in [1.82, 2.24) is 9.78 Å². The molecule has 1 aliphatic carbocycles. The topological polar surface area (TPSA) is 70.4 Å². The summed E-state index contributed by atoms with van der Waals surface area (Å²) < 4.78 is 12.8. The average molecular weight is 404 g/mol. The van der Waals surface area contributed by atoms with Gasteiger partial charge in [-0.15, -0.1) is 0 Å². The van der Waals surface area contributed by atoms with Crippen LogP contribution in [0.3, 0.4) is 0 Å². The Hall–Kier alpha value is -3.41. The Morgan fingerprint density at radius 2 is 1.87 bits per heavy atom. The standard InChI is InChI=1S/C24H24N2O4/c1-29-21-13-7-5-11-18(21)23-19(24(28)30-22-14-8-6-12-20(22)27)16-26(25-23)15-17-9-3-2-4-10-17/h2-5,7,9-11,13,16,22H,6,8,12,14-15H2,1H3/t22-/m0/s1. The number of nitrogens with zero attached hydrogens (tertiary/aromatic N) is 2. The molecule has 2 aromatic carbocycles. The van der Waals surface area contributed by atoms with E-state index in [-0.39, 0.29) is 5.78 Å². The van der Waals surface area contributed by atoms with E-state index in [1.807, 2.05) is 54.6 Å². The van der Waals surface area contributed by atoms with Crippen molar-refractivity contribution in [3.05, 3.63) is 71.9 Å². The first-order valence-corrected chi connectivity index (χ1v) is 10.1. The molecule has 1 aromatic heterocycles. The molecule has 1 heterocycles. The Kier molecular flexibility index (Phi) is 5.93. The number of hydrogen-bond donors (Lipinski definition) is 0. The lowest BCUT2D eigenvalue weighted by atomic mass is 9.96. The van der Waals surface area contributed by atoms with Gasteiger partial charge in [0, 0.05) is 18.2 Å². The molecule has 0 bridgehead atoms. The fourth-order valence-corrected chi connectivity index (χ4v) is 3.73. The molecule has 1 atom stereocenters. The van der Waals surface area contributed by atoms with Crippen molar-refractivity contribution in [2.45, 2.75) is 38.3 Å². The number of carbonyl (C=O) groups excluding carboxylic acids is 2. The Morgan fingerprint density at radius 1 is 1.10 bits per heavy atom. The van der Waals surface area contributed by atoms with Crippen LogP contribution in [0.25, 0.3) is 11.3 Å². The molecule has 1 saturated carbocycles. The van der Waals surface area contributed by atoms with Crippen LogP contribution in [0.5, 0.6) is 5.75 Å². The van der Waals surface area contributed by atoms with Crippen molar-refractivity contribution in [1.29, 1.82) is 0 Å². The Morgan fingerprint density at radius 3 is 2.63 bits per heavy atom. The number of aromatic nitrogens is 2. The van der Waals surface area contributed by atoms with Crippen LogP contribution in [0.1, 0.15) is 41.6 Å². The van der Waals surface area contributed by atoms with Gasteiger partial charge in [0.1, 0.15) is 17.0 Å². The van der Waals surface area contributed by atoms with Crippen LogP contribution in [0.4, 0.5) is 0 Å². The Labute approximate surface area is 175 Å². The van der Waals surface area contributed by atoms with Crippen LogP contribution in [0.15, 0.2) is 60.8 Å². The van der Waals surface area contributed by atoms with Gasteiger partial charge in [-0.2, -0.15) is 5.10 Å². The molecule has 3 aromatic rings. The van der Waals surface area contributed by atoms with E-state index in [1.165, 1.54) is 0 Å². The Balaban J connectivity index is 1.69. The number of rotatable bonds is 6. The van der Waals surface area contributed by atoms with Crippen LogP contribution in [-0.2, 0) is 16.1 Å². The number of methoxy groups -OCH3 is 1. The van der Waals surface area contributed by atoms with Crippen LogP contribution < -0.4 is 4.74 Å². The minimum atomic E-state index is -0.672. The first-order chi connectivity index (χ1) is 14.7. The monoisotopic (exact) mass is 404 g/mol. The number of ether oxygens (including phenoxy) is 2. The summed E-state index contributed by atoms with van der Waals surface area (Å²) in [5.74, 6) is 0.0749. The van der Waals surface area contributed by atoms with Gasteiger partial charge in [0.25, 0.3) is 0 Å². The third-order valence-corrected chi connectivity index (χ3v) is 5.28. The predicted octanol–water partition coefficient (Wildman–Crippen LogP) is 4.28. The maximum Gasteiger partial charge on any atom is 0.342 e. The number of carbonyl (C=O) groups is 2. The second kappa shape index (κ2) is 8.95. The zero-order chi connectivity index (χ0) is 20.9. The molecule has 0 amide bonds. The van der Waals surface area contributed by atoms with Gasteiger partial charge in [-0.05, 0) is 37.0 Å². The maximum atomic E-state index is 13.0. The highest BCUT2D eigenvalue weighted by atomic mass is 16.5. The van der Waals surface area contributed by atoms with Crippen molar-refractivity contribution in [2.75, 3.05) is 7.11 Å². The number of ketones is 1. The van der Waals surface area contributed by atoms with Crippen molar-refractivity contribution in [3.63, 3.8) is 0 Å². The lowest BCUT2D eigenvalue weighted by molar-refractivity contribution is -0.129. The van der Waals surface area contributed by atoms with E-state index in [9.17, 15) is 9.59 Å². The van der Waals surface area contributed by atoms with Gasteiger partial charge in [0.05, 0.1) is 13.7 Å². The summed E-state index contributed by atoms with van der Waals surface area (Å²) >= 11 is 0. The molecule has 0 radical (unpaired) electrons. The maximum absolute atomic E-state index is 13.0. The van der Waals surface area contributed by atoms with Gasteiger partial charge in [0.15, 0.2) is 11.9 Å². The number of esters is 1. The fourth-order valence-electron chi connectivity index (χ4n) is 3.73. The minimum Gasteiger partial charge on any atom is -0.496 e. The quantitative estimate of drug-likeness (QED) is 0.574. The van der Waals surface area contributed by atoms with Crippen LogP contribution >= 0.6 is 0 Å². The normalized spacial score (nSPS) is 16.3. The summed E-state index contributed by atoms with van der Waals surface area (Å²) in [7, 11) is 1.58. The number of para-hydroxylation sites is 1. The molecule has 6 nitrogen and oxygen atoms in total. The highest BCUT2D eigenvalue weighted by molar-refractivity contribution is 5.98. The fraction of sp³-hybridized carbons (Fsp3) is 0.292. The predicted molar refractivity (Wildman–Crippen MR) is 112 cm³/mol. The SMILES string of the molecule is COc1ccccc1-c1nn(Cc2ccccc2)cc1C(=O)O[C@H]1CCCCC1=O. The molecule has 4 rings (SSSR count). The van der Waals surface area contributed by atoms with Crippen molar-refractivity contribution in [2.24, 2.45) is 0 Å². The molecule has 0 saturated heterocycles. The summed E-state index contributed by atoms with van der Waals surface area (Å²) in [6.45, 7) is 0.513. The average Bonchev–Trinajstić information content (AvgIpc) is 3.19. The first-order valence-electron chi connectivity index (χ1n) is 10.1. The molecular formula is C24H24N2O4. The largest absolute Gasteiger partial charge is 0.496 e. The van der Waals surface area contributed by atoms with Crippen molar-refractivity contribution >= 4 is 11.8 Å². The summed E-state index contributed by atoms with van der Waals surface area (Å²) in [5.41, 5.74) is 2.58. The van der Waals surface area contributed by atoms with Crippen molar-refractivity contribution < 1.29 is 19.1 Å². The van der Waals surface area contributed by atoms with E-state index >= 15 is 0 Å². The molecular weight excluding hydrogens is 380 g/mol. The van der Waals surface area contributed by atoms with E-state index in [0.717, 1.165) is 18.4 Å². The first kappa shape index (κ1) is 19.9. The number of Topliss-reactive ketones (excluding diaryl/α,β-unsaturated/α-hetero) is 1.